The summed E-state index contributed by atoms with van der Waals surface area (Å²) in [6, 6.07) is 10.5. The van der Waals surface area contributed by atoms with Crippen LogP contribution >= 0.6 is 0 Å². The lowest BCUT2D eigenvalue weighted by molar-refractivity contribution is -0.128. The molecule has 1 heterocycles. The van der Waals surface area contributed by atoms with E-state index in [1.54, 1.807) is 0 Å². The number of fused-ring (bicyclic) bond motifs is 1. The zero-order valence-corrected chi connectivity index (χ0v) is 13.2. The maximum absolute atomic E-state index is 13.1. The van der Waals surface area contributed by atoms with Gasteiger partial charge < -0.3 is 15.4 Å². The van der Waals surface area contributed by atoms with Gasteiger partial charge in [-0.25, -0.2) is 8.78 Å². The quantitative estimate of drug-likeness (QED) is 0.892. The lowest BCUT2D eigenvalue weighted by atomic mass is 9.96. The fraction of sp³-hybridized carbons (Fsp3) is 0.222. The molecule has 2 amide bonds. The molecule has 2 aromatic rings. The van der Waals surface area contributed by atoms with Crippen LogP contribution < -0.4 is 15.4 Å². The summed E-state index contributed by atoms with van der Waals surface area (Å²) in [5.74, 6) is -2.50. The number of benzene rings is 2. The molecule has 5 nitrogen and oxygen atoms in total. The van der Waals surface area contributed by atoms with Crippen molar-refractivity contribution in [3.63, 3.8) is 0 Å². The molecule has 0 aliphatic carbocycles. The van der Waals surface area contributed by atoms with Crippen LogP contribution in [0, 0.1) is 17.6 Å². The number of anilines is 1. The summed E-state index contributed by atoms with van der Waals surface area (Å²) in [5.41, 5.74) is 1.06. The largest absolute Gasteiger partial charge is 0.492 e. The van der Waals surface area contributed by atoms with E-state index in [1.807, 2.05) is 24.3 Å². The number of amides is 2. The van der Waals surface area contributed by atoms with E-state index in [9.17, 15) is 18.4 Å². The van der Waals surface area contributed by atoms with Crippen molar-refractivity contribution in [2.24, 2.45) is 5.92 Å². The van der Waals surface area contributed by atoms with Gasteiger partial charge in [0.2, 0.25) is 11.8 Å². The Labute approximate surface area is 143 Å². The lowest BCUT2D eigenvalue weighted by Gasteiger charge is -2.24. The second-order valence-corrected chi connectivity index (χ2v) is 5.71. The van der Waals surface area contributed by atoms with E-state index >= 15 is 0 Å². The summed E-state index contributed by atoms with van der Waals surface area (Å²) in [7, 11) is 0. The number of ether oxygens (including phenoxy) is 1. The zero-order chi connectivity index (χ0) is 17.8. The first kappa shape index (κ1) is 16.9. The number of hydrogen-bond acceptors (Lipinski definition) is 3. The Morgan fingerprint density at radius 1 is 1.12 bits per heavy atom. The van der Waals surface area contributed by atoms with E-state index < -0.39 is 17.5 Å². The molecule has 7 heteroatoms. The lowest BCUT2D eigenvalue weighted by Crippen LogP contribution is -2.40. The second-order valence-electron chi connectivity index (χ2n) is 5.71. The predicted molar refractivity (Wildman–Crippen MR) is 87.1 cm³/mol. The molecule has 0 fully saturated rings. The Hall–Kier alpha value is -2.96. The maximum Gasteiger partial charge on any atom is 0.243 e. The van der Waals surface area contributed by atoms with Crippen molar-refractivity contribution < 1.29 is 23.1 Å². The molecule has 25 heavy (non-hydrogen) atoms. The van der Waals surface area contributed by atoms with Crippen molar-refractivity contribution >= 4 is 17.5 Å². The predicted octanol–water partition coefficient (Wildman–Crippen LogP) is 2.27. The molecule has 0 saturated carbocycles. The van der Waals surface area contributed by atoms with Gasteiger partial charge in [0, 0.05) is 11.8 Å². The molecule has 0 bridgehead atoms. The minimum atomic E-state index is -1.06. The second kappa shape index (κ2) is 7.29. The summed E-state index contributed by atoms with van der Waals surface area (Å²) in [6.45, 7) is -0.0242. The number of halogens is 2. The van der Waals surface area contributed by atoms with E-state index in [0.29, 0.717) is 6.42 Å². The third kappa shape index (κ3) is 4.12. The molecule has 130 valence electrons. The fourth-order valence-electron chi connectivity index (χ4n) is 2.59. The van der Waals surface area contributed by atoms with Gasteiger partial charge in [0.1, 0.15) is 12.4 Å². The van der Waals surface area contributed by atoms with Crippen LogP contribution in [-0.2, 0) is 16.0 Å². The number of carbonyl (C=O) groups is 2. The number of carbonyl (C=O) groups excluding carboxylic acids is 2. The molecule has 1 unspecified atom stereocenters. The minimum absolute atomic E-state index is 0.119. The standard InChI is InChI=1S/C18H16F2N2O3/c19-14-6-5-13(8-15(14)20)22-17(23)9-21-18(24)12-7-11-3-1-2-4-16(11)25-10-12/h1-6,8,12H,7,9-10H2,(H,21,24)(H,22,23). The first-order chi connectivity index (χ1) is 12.0. The smallest absolute Gasteiger partial charge is 0.243 e. The molecule has 2 aromatic carbocycles. The van der Waals surface area contributed by atoms with Gasteiger partial charge >= 0.3 is 0 Å². The molecule has 1 aliphatic heterocycles. The molecular formula is C18H16F2N2O3. The van der Waals surface area contributed by atoms with Crippen molar-refractivity contribution in [2.75, 3.05) is 18.5 Å². The first-order valence-corrected chi connectivity index (χ1v) is 7.76. The van der Waals surface area contributed by atoms with Crippen LogP contribution in [0.2, 0.25) is 0 Å². The number of rotatable bonds is 4. The van der Waals surface area contributed by atoms with Crippen LogP contribution in [0.15, 0.2) is 42.5 Å². The molecule has 0 saturated heterocycles. The Bertz CT molecular complexity index is 811. The van der Waals surface area contributed by atoms with Crippen LogP contribution in [0.25, 0.3) is 0 Å². The van der Waals surface area contributed by atoms with Gasteiger partial charge in [0.05, 0.1) is 12.5 Å². The molecule has 2 N–H and O–H groups in total. The van der Waals surface area contributed by atoms with Crippen molar-refractivity contribution in [1.82, 2.24) is 5.32 Å². The van der Waals surface area contributed by atoms with Crippen molar-refractivity contribution in [3.05, 3.63) is 59.7 Å². The topological polar surface area (TPSA) is 67.4 Å². The highest BCUT2D eigenvalue weighted by Crippen LogP contribution is 2.26. The number of para-hydroxylation sites is 1. The van der Waals surface area contributed by atoms with Crippen LogP contribution in [0.4, 0.5) is 14.5 Å². The SMILES string of the molecule is O=C(CNC(=O)C1COc2ccccc2C1)Nc1ccc(F)c(F)c1. The normalized spacial score (nSPS) is 15.7. The summed E-state index contributed by atoms with van der Waals surface area (Å²) < 4.78 is 31.5. The third-order valence-corrected chi connectivity index (χ3v) is 3.88. The fourth-order valence-corrected chi connectivity index (χ4v) is 2.59. The monoisotopic (exact) mass is 346 g/mol. The van der Waals surface area contributed by atoms with Gasteiger partial charge in [0.15, 0.2) is 11.6 Å². The molecule has 3 rings (SSSR count). The molecular weight excluding hydrogens is 330 g/mol. The average Bonchev–Trinajstić information content (AvgIpc) is 2.62. The van der Waals surface area contributed by atoms with E-state index in [1.165, 1.54) is 6.07 Å². The van der Waals surface area contributed by atoms with E-state index in [-0.39, 0.29) is 30.7 Å². The van der Waals surface area contributed by atoms with Gasteiger partial charge in [-0.3, -0.25) is 9.59 Å². The van der Waals surface area contributed by atoms with Gasteiger partial charge in [-0.15, -0.1) is 0 Å². The third-order valence-electron chi connectivity index (χ3n) is 3.88. The average molecular weight is 346 g/mol. The van der Waals surface area contributed by atoms with E-state index in [0.717, 1.165) is 23.4 Å². The minimum Gasteiger partial charge on any atom is -0.492 e. The van der Waals surface area contributed by atoms with Crippen molar-refractivity contribution in [1.29, 1.82) is 0 Å². The van der Waals surface area contributed by atoms with Crippen molar-refractivity contribution in [3.8, 4) is 5.75 Å². The highest BCUT2D eigenvalue weighted by Gasteiger charge is 2.25. The molecule has 1 aliphatic rings. The molecule has 1 atom stereocenters. The summed E-state index contributed by atoms with van der Waals surface area (Å²) in [5, 5.41) is 4.92. The highest BCUT2D eigenvalue weighted by atomic mass is 19.2. The number of hydrogen-bond donors (Lipinski definition) is 2. The Morgan fingerprint density at radius 2 is 1.92 bits per heavy atom. The van der Waals surface area contributed by atoms with Gasteiger partial charge in [-0.2, -0.15) is 0 Å². The molecule has 0 spiro atoms. The summed E-state index contributed by atoms with van der Waals surface area (Å²) in [6.07, 6.45) is 0.535. The summed E-state index contributed by atoms with van der Waals surface area (Å²) >= 11 is 0. The number of nitrogens with one attached hydrogen (secondary N) is 2. The Morgan fingerprint density at radius 3 is 2.72 bits per heavy atom. The zero-order valence-electron chi connectivity index (χ0n) is 13.2. The Balaban J connectivity index is 1.50. The molecule has 0 aromatic heterocycles. The van der Waals surface area contributed by atoms with E-state index in [4.69, 9.17) is 4.74 Å². The van der Waals surface area contributed by atoms with Gasteiger partial charge in [-0.05, 0) is 30.2 Å². The molecule has 0 radical (unpaired) electrons. The van der Waals surface area contributed by atoms with Gasteiger partial charge in [-0.1, -0.05) is 18.2 Å². The van der Waals surface area contributed by atoms with Gasteiger partial charge in [0.25, 0.3) is 0 Å². The van der Waals surface area contributed by atoms with Crippen LogP contribution in [0.3, 0.4) is 0 Å². The first-order valence-electron chi connectivity index (χ1n) is 7.76. The Kier molecular flexibility index (Phi) is 4.92. The maximum atomic E-state index is 13.1. The van der Waals surface area contributed by atoms with Crippen LogP contribution in [0.5, 0.6) is 5.75 Å². The summed E-state index contributed by atoms with van der Waals surface area (Å²) in [4.78, 5) is 24.0. The van der Waals surface area contributed by atoms with Crippen LogP contribution in [-0.4, -0.2) is 25.0 Å². The van der Waals surface area contributed by atoms with Crippen LogP contribution in [0.1, 0.15) is 5.56 Å². The van der Waals surface area contributed by atoms with Crippen molar-refractivity contribution in [2.45, 2.75) is 6.42 Å². The highest BCUT2D eigenvalue weighted by molar-refractivity contribution is 5.94. The van der Waals surface area contributed by atoms with E-state index in [2.05, 4.69) is 10.6 Å².